The molecule has 0 unspecified atom stereocenters. The molecule has 0 atom stereocenters. The third-order valence-electron chi connectivity index (χ3n) is 5.53. The third-order valence-corrected chi connectivity index (χ3v) is 7.44. The second-order valence-electron chi connectivity index (χ2n) is 7.93. The maximum Gasteiger partial charge on any atom is 0.261 e. The van der Waals surface area contributed by atoms with E-state index in [1.54, 1.807) is 36.5 Å². The van der Waals surface area contributed by atoms with Crippen molar-refractivity contribution in [2.75, 3.05) is 31.6 Å². The summed E-state index contributed by atoms with van der Waals surface area (Å²) in [5, 5.41) is 15.6. The Hall–Kier alpha value is -3.20. The van der Waals surface area contributed by atoms with Crippen LogP contribution in [0.3, 0.4) is 0 Å². The summed E-state index contributed by atoms with van der Waals surface area (Å²) in [5.41, 5.74) is 1.25. The zero-order chi connectivity index (χ0) is 23.4. The Balaban J connectivity index is 0.000000821. The highest BCUT2D eigenvalue weighted by Crippen LogP contribution is 2.32. The average molecular weight is 471 g/mol. The van der Waals surface area contributed by atoms with Gasteiger partial charge in [-0.25, -0.2) is 8.42 Å². The maximum atomic E-state index is 12.8. The summed E-state index contributed by atoms with van der Waals surface area (Å²) in [4.78, 5) is 15.4. The summed E-state index contributed by atoms with van der Waals surface area (Å²) in [6.07, 6.45) is 4.00. The number of aromatic amines is 1. The van der Waals surface area contributed by atoms with Crippen LogP contribution in [0.2, 0.25) is 0 Å². The van der Waals surface area contributed by atoms with Crippen molar-refractivity contribution in [3.63, 3.8) is 0 Å². The summed E-state index contributed by atoms with van der Waals surface area (Å²) in [7, 11) is -3.54. The molecular formula is C22H26N6O4S. The van der Waals surface area contributed by atoms with Crippen LogP contribution in [-0.4, -0.2) is 53.8 Å². The molecule has 3 heterocycles. The van der Waals surface area contributed by atoms with E-state index in [4.69, 9.17) is 10.00 Å². The number of nitrogens with one attached hydrogen (secondary N) is 2. The predicted octanol–water partition coefficient (Wildman–Crippen LogP) is 2.43. The van der Waals surface area contributed by atoms with E-state index in [9.17, 15) is 13.2 Å². The molecular weight excluding hydrogens is 444 g/mol. The summed E-state index contributed by atoms with van der Waals surface area (Å²) in [6, 6.07) is 10.1. The number of nitrogens with zero attached hydrogens (tertiary/aromatic N) is 4. The number of anilines is 2. The van der Waals surface area contributed by atoms with E-state index in [1.807, 2.05) is 10.7 Å². The number of aromatic nitrogens is 3. The second-order valence-corrected chi connectivity index (χ2v) is 9.87. The van der Waals surface area contributed by atoms with E-state index >= 15 is 0 Å². The number of hydrogen-bond donors (Lipinski definition) is 2. The van der Waals surface area contributed by atoms with Gasteiger partial charge in [0.05, 0.1) is 29.7 Å². The number of benzene rings is 1. The third kappa shape index (κ3) is 5.08. The minimum atomic E-state index is -3.54. The van der Waals surface area contributed by atoms with Crippen LogP contribution in [0.15, 0.2) is 46.2 Å². The highest BCUT2D eigenvalue weighted by atomic mass is 32.2. The van der Waals surface area contributed by atoms with E-state index in [0.29, 0.717) is 49.1 Å². The number of H-pyrrole nitrogens is 1. The van der Waals surface area contributed by atoms with Gasteiger partial charge in [0.15, 0.2) is 5.82 Å². The van der Waals surface area contributed by atoms with Gasteiger partial charge in [-0.3, -0.25) is 9.48 Å². The maximum absolute atomic E-state index is 12.8. The van der Waals surface area contributed by atoms with Crippen LogP contribution in [0.5, 0.6) is 0 Å². The summed E-state index contributed by atoms with van der Waals surface area (Å²) < 4.78 is 34.1. The van der Waals surface area contributed by atoms with Gasteiger partial charge in [0.2, 0.25) is 10.0 Å². The van der Waals surface area contributed by atoms with Gasteiger partial charge in [0, 0.05) is 38.4 Å². The zero-order valence-corrected chi connectivity index (χ0v) is 19.1. The van der Waals surface area contributed by atoms with E-state index in [0.717, 1.165) is 12.1 Å². The van der Waals surface area contributed by atoms with Crippen molar-refractivity contribution in [2.45, 2.75) is 31.2 Å². The highest BCUT2D eigenvalue weighted by molar-refractivity contribution is 7.89. The molecule has 0 spiro atoms. The fourth-order valence-electron chi connectivity index (χ4n) is 3.69. The lowest BCUT2D eigenvalue weighted by atomic mass is 10.3. The Kier molecular flexibility index (Phi) is 6.78. The lowest BCUT2D eigenvalue weighted by Crippen LogP contribution is -2.40. The molecule has 1 saturated carbocycles. The van der Waals surface area contributed by atoms with Crippen LogP contribution in [-0.2, 0) is 21.3 Å². The Bertz CT molecular complexity index is 1310. The summed E-state index contributed by atoms with van der Waals surface area (Å²) >= 11 is 0. The number of hydrogen-bond acceptors (Lipinski definition) is 7. The van der Waals surface area contributed by atoms with Gasteiger partial charge >= 0.3 is 0 Å². The van der Waals surface area contributed by atoms with E-state index < -0.39 is 10.0 Å². The SMILES string of the molecule is CC#N.O=c1[nH]ccc2c1c(Nc1ccc(S(=O)(=O)N3CCOCC3)cc1)nn2CC1CC1. The summed E-state index contributed by atoms with van der Waals surface area (Å²) in [5.74, 6) is 1.08. The molecule has 33 heavy (non-hydrogen) atoms. The number of fused-ring (bicyclic) bond motifs is 1. The smallest absolute Gasteiger partial charge is 0.261 e. The molecule has 2 fully saturated rings. The molecule has 10 nitrogen and oxygen atoms in total. The van der Waals surface area contributed by atoms with Crippen LogP contribution in [0.4, 0.5) is 11.5 Å². The molecule has 3 aromatic rings. The molecule has 1 aliphatic carbocycles. The van der Waals surface area contributed by atoms with Gasteiger partial charge in [-0.05, 0) is 49.1 Å². The van der Waals surface area contributed by atoms with Crippen LogP contribution >= 0.6 is 0 Å². The molecule has 11 heteroatoms. The van der Waals surface area contributed by atoms with Crippen molar-refractivity contribution in [3.8, 4) is 6.07 Å². The Labute approximate surface area is 191 Å². The van der Waals surface area contributed by atoms with Crippen molar-refractivity contribution in [3.05, 3.63) is 46.9 Å². The van der Waals surface area contributed by atoms with Crippen LogP contribution in [0.1, 0.15) is 19.8 Å². The zero-order valence-electron chi connectivity index (χ0n) is 18.3. The van der Waals surface area contributed by atoms with Crippen molar-refractivity contribution in [1.29, 1.82) is 5.26 Å². The van der Waals surface area contributed by atoms with E-state index in [1.165, 1.54) is 24.1 Å². The lowest BCUT2D eigenvalue weighted by molar-refractivity contribution is 0.0730. The first-order chi connectivity index (χ1) is 15.9. The predicted molar refractivity (Wildman–Crippen MR) is 124 cm³/mol. The molecule has 2 aromatic heterocycles. The van der Waals surface area contributed by atoms with Crippen molar-refractivity contribution >= 4 is 32.4 Å². The van der Waals surface area contributed by atoms with Gasteiger partial charge in [-0.2, -0.15) is 14.7 Å². The molecule has 0 amide bonds. The number of pyridine rings is 1. The number of nitriles is 1. The molecule has 5 rings (SSSR count). The van der Waals surface area contributed by atoms with Gasteiger partial charge in [0.1, 0.15) is 5.39 Å². The van der Waals surface area contributed by atoms with Crippen LogP contribution < -0.4 is 10.9 Å². The quantitative estimate of drug-likeness (QED) is 0.565. The Morgan fingerprint density at radius 1 is 1.21 bits per heavy atom. The van der Waals surface area contributed by atoms with Gasteiger partial charge < -0.3 is 15.0 Å². The van der Waals surface area contributed by atoms with Crippen molar-refractivity contribution < 1.29 is 13.2 Å². The van der Waals surface area contributed by atoms with Gasteiger partial charge in [0.25, 0.3) is 5.56 Å². The normalized spacial score (nSPS) is 16.6. The first kappa shape index (κ1) is 23.0. The molecule has 174 valence electrons. The number of rotatable bonds is 6. The highest BCUT2D eigenvalue weighted by Gasteiger charge is 2.27. The van der Waals surface area contributed by atoms with Gasteiger partial charge in [-0.1, -0.05) is 0 Å². The first-order valence-electron chi connectivity index (χ1n) is 10.8. The van der Waals surface area contributed by atoms with Crippen molar-refractivity contribution in [1.82, 2.24) is 19.1 Å². The molecule has 1 aliphatic heterocycles. The standard InChI is InChI=1S/C20H23N5O4S.C2H3N/c26-20-18-17(7-8-21-20)25(13-14-1-2-14)23-19(18)22-15-3-5-16(6-4-15)30(27,28)24-9-11-29-12-10-24;1-2-3/h3-8,14H,1-2,9-13H2,(H,21,26)(H,22,23);1H3. The average Bonchev–Trinajstić information content (AvgIpc) is 3.57. The summed E-state index contributed by atoms with van der Waals surface area (Å²) in [6.45, 7) is 3.75. The minimum Gasteiger partial charge on any atom is -0.379 e. The number of ether oxygens (including phenoxy) is 1. The second kappa shape index (κ2) is 9.74. The molecule has 1 aromatic carbocycles. The van der Waals surface area contributed by atoms with E-state index in [-0.39, 0.29) is 10.5 Å². The Morgan fingerprint density at radius 3 is 2.52 bits per heavy atom. The largest absolute Gasteiger partial charge is 0.379 e. The van der Waals surface area contributed by atoms with Crippen LogP contribution in [0.25, 0.3) is 10.9 Å². The molecule has 0 bridgehead atoms. The van der Waals surface area contributed by atoms with Crippen molar-refractivity contribution in [2.24, 2.45) is 5.92 Å². The number of morpholine rings is 1. The number of sulfonamides is 1. The molecule has 1 saturated heterocycles. The molecule has 2 N–H and O–H groups in total. The minimum absolute atomic E-state index is 0.205. The first-order valence-corrected chi connectivity index (χ1v) is 12.2. The van der Waals surface area contributed by atoms with E-state index in [2.05, 4.69) is 15.4 Å². The fourth-order valence-corrected chi connectivity index (χ4v) is 5.10. The monoisotopic (exact) mass is 470 g/mol. The Morgan fingerprint density at radius 2 is 1.88 bits per heavy atom. The molecule has 2 aliphatic rings. The lowest BCUT2D eigenvalue weighted by Gasteiger charge is -2.26. The van der Waals surface area contributed by atoms with Crippen LogP contribution in [0, 0.1) is 17.2 Å². The topological polar surface area (TPSA) is 133 Å². The fraction of sp³-hybridized carbons (Fsp3) is 0.409. The molecule has 0 radical (unpaired) electrons. The van der Waals surface area contributed by atoms with Gasteiger partial charge in [-0.15, -0.1) is 0 Å².